The predicted octanol–water partition coefficient (Wildman–Crippen LogP) is 8.47. The van der Waals surface area contributed by atoms with Crippen molar-refractivity contribution in [3.8, 4) is 34.0 Å². The van der Waals surface area contributed by atoms with Gasteiger partial charge >= 0.3 is 0 Å². The number of fused-ring (bicyclic) bond motifs is 2. The highest BCUT2D eigenvalue weighted by molar-refractivity contribution is 6.00. The normalized spacial score (nSPS) is 16.3. The lowest BCUT2D eigenvalue weighted by Crippen LogP contribution is -2.41. The first-order valence-corrected chi connectivity index (χ1v) is 23.0. The van der Waals surface area contributed by atoms with Crippen LogP contribution in [-0.2, 0) is 22.4 Å². The molecule has 15 heteroatoms. The van der Waals surface area contributed by atoms with E-state index in [2.05, 4.69) is 70.4 Å². The Bertz CT molecular complexity index is 3030. The highest BCUT2D eigenvalue weighted by Crippen LogP contribution is 2.37. The van der Waals surface area contributed by atoms with Gasteiger partial charge in [0.1, 0.15) is 47.2 Å². The molecular formula is C52H52N12O3. The van der Waals surface area contributed by atoms with Crippen LogP contribution in [0.3, 0.4) is 0 Å². The van der Waals surface area contributed by atoms with E-state index in [1.807, 2.05) is 79.8 Å². The molecule has 10 rings (SSSR count). The van der Waals surface area contributed by atoms with E-state index in [1.165, 1.54) is 29.9 Å². The standard InChI is InChI=1S/C52H52N12O3/c1-2-43(65)61-29-9-13-39(31-61)64-52-46(48(60-64)38-23-25-42(26-24-38)67-41-15-7-4-8-16-41)50(56-34-58-52)54-28-27-44(66)62-30-10-14-40(32-62)63-51-45(49(53)55-33-57-51)47(59-63)37-21-19-36(20-22-37)18-17-35-11-5-3-6-12-35/h2-8,11-12,15-16,19-26,33-34,39-40H,1,9-10,13-14,17-18,27-32H2,(H2,53,55,57)(H,54,56,58)/t39-,40-/m1/s1. The van der Waals surface area contributed by atoms with Gasteiger partial charge in [-0.25, -0.2) is 29.3 Å². The van der Waals surface area contributed by atoms with Gasteiger partial charge in [0, 0.05) is 50.3 Å². The number of hydrogen-bond donors (Lipinski definition) is 2. The van der Waals surface area contributed by atoms with Crippen molar-refractivity contribution in [2.75, 3.05) is 43.8 Å². The summed E-state index contributed by atoms with van der Waals surface area (Å²) >= 11 is 0. The lowest BCUT2D eigenvalue weighted by molar-refractivity contribution is -0.132. The lowest BCUT2D eigenvalue weighted by atomic mass is 10.0. The smallest absolute Gasteiger partial charge is 0.246 e. The molecule has 2 fully saturated rings. The number of nitrogens with zero attached hydrogens (tertiary/aromatic N) is 10. The Balaban J connectivity index is 0.859. The molecule has 3 N–H and O–H groups in total. The van der Waals surface area contributed by atoms with E-state index in [9.17, 15) is 9.59 Å². The summed E-state index contributed by atoms with van der Waals surface area (Å²) in [6.07, 6.45) is 9.81. The zero-order chi connectivity index (χ0) is 45.7. The van der Waals surface area contributed by atoms with E-state index in [1.54, 1.807) is 0 Å². The van der Waals surface area contributed by atoms with Gasteiger partial charge in [-0.15, -0.1) is 0 Å². The fraction of sp³-hybridized carbons (Fsp3) is 0.269. The maximum Gasteiger partial charge on any atom is 0.246 e. The summed E-state index contributed by atoms with van der Waals surface area (Å²) in [7, 11) is 0. The number of likely N-dealkylation sites (tertiary alicyclic amines) is 2. The van der Waals surface area contributed by atoms with Gasteiger partial charge in [-0.1, -0.05) is 79.4 Å². The monoisotopic (exact) mass is 892 g/mol. The fourth-order valence-electron chi connectivity index (χ4n) is 9.39. The molecule has 6 heterocycles. The highest BCUT2D eigenvalue weighted by Gasteiger charge is 2.31. The van der Waals surface area contributed by atoms with Crippen LogP contribution in [0.5, 0.6) is 11.5 Å². The summed E-state index contributed by atoms with van der Waals surface area (Å²) in [6, 6.07) is 36.2. The van der Waals surface area contributed by atoms with E-state index >= 15 is 0 Å². The number of carbonyl (C=O) groups excluding carboxylic acids is 2. The number of aromatic nitrogens is 8. The highest BCUT2D eigenvalue weighted by atomic mass is 16.5. The van der Waals surface area contributed by atoms with Crippen LogP contribution >= 0.6 is 0 Å². The Morgan fingerprint density at radius 2 is 1.22 bits per heavy atom. The van der Waals surface area contributed by atoms with Crippen molar-refractivity contribution in [1.82, 2.24) is 49.3 Å². The minimum absolute atomic E-state index is 0.0264. The van der Waals surface area contributed by atoms with Crippen molar-refractivity contribution in [2.24, 2.45) is 0 Å². The molecule has 2 aliphatic heterocycles. The van der Waals surface area contributed by atoms with Crippen LogP contribution in [0.2, 0.25) is 0 Å². The number of amides is 2. The van der Waals surface area contributed by atoms with Crippen LogP contribution in [0.25, 0.3) is 44.6 Å². The van der Waals surface area contributed by atoms with E-state index in [-0.39, 0.29) is 30.3 Å². The minimum Gasteiger partial charge on any atom is -0.457 e. The average Bonchev–Trinajstić information content (AvgIpc) is 3.98. The number of ether oxygens (including phenoxy) is 1. The number of carbonyl (C=O) groups is 2. The summed E-state index contributed by atoms with van der Waals surface area (Å²) in [5.74, 6) is 2.31. The molecule has 0 bridgehead atoms. The number of nitrogens with one attached hydrogen (secondary N) is 1. The van der Waals surface area contributed by atoms with Crippen molar-refractivity contribution in [3.05, 3.63) is 146 Å². The zero-order valence-electron chi connectivity index (χ0n) is 37.2. The van der Waals surface area contributed by atoms with Gasteiger partial charge in [-0.2, -0.15) is 10.2 Å². The van der Waals surface area contributed by atoms with E-state index in [0.29, 0.717) is 72.5 Å². The van der Waals surface area contributed by atoms with Crippen molar-refractivity contribution >= 4 is 45.5 Å². The summed E-state index contributed by atoms with van der Waals surface area (Å²) in [4.78, 5) is 48.9. The second-order valence-corrected chi connectivity index (χ2v) is 17.2. The number of rotatable bonds is 14. The zero-order valence-corrected chi connectivity index (χ0v) is 37.2. The second-order valence-electron chi connectivity index (χ2n) is 17.2. The maximum absolute atomic E-state index is 14.0. The Morgan fingerprint density at radius 3 is 1.90 bits per heavy atom. The Morgan fingerprint density at radius 1 is 0.672 bits per heavy atom. The van der Waals surface area contributed by atoms with Crippen molar-refractivity contribution in [3.63, 3.8) is 0 Å². The lowest BCUT2D eigenvalue weighted by Gasteiger charge is -2.33. The van der Waals surface area contributed by atoms with Crippen LogP contribution < -0.4 is 15.8 Å². The molecule has 2 saturated heterocycles. The fourth-order valence-corrected chi connectivity index (χ4v) is 9.39. The number of piperidine rings is 2. The molecule has 0 saturated carbocycles. The maximum atomic E-state index is 14.0. The molecule has 0 spiro atoms. The predicted molar refractivity (Wildman–Crippen MR) is 259 cm³/mol. The number of benzene rings is 4. The summed E-state index contributed by atoms with van der Waals surface area (Å²) in [5.41, 5.74) is 13.6. The van der Waals surface area contributed by atoms with Crippen molar-refractivity contribution in [1.29, 1.82) is 0 Å². The average molecular weight is 893 g/mol. The molecule has 4 aromatic heterocycles. The SMILES string of the molecule is C=CC(=O)N1CCC[C@@H](n2nc(-c3ccc(Oc4ccccc4)cc3)c3c(NCCC(=O)N4CCC[C@@H](n5nc(-c6ccc(CCc7ccccc7)cc6)c6c(N)ncnc65)C4)ncnc32)C1. The number of hydrogen-bond acceptors (Lipinski definition) is 11. The Hall–Kier alpha value is -7.94. The third-order valence-corrected chi connectivity index (χ3v) is 12.8. The van der Waals surface area contributed by atoms with Gasteiger partial charge in [0.2, 0.25) is 11.8 Å². The van der Waals surface area contributed by atoms with Crippen LogP contribution in [0.4, 0.5) is 11.6 Å². The third-order valence-electron chi connectivity index (χ3n) is 12.8. The molecule has 8 aromatic rings. The largest absolute Gasteiger partial charge is 0.457 e. The molecule has 338 valence electrons. The quantitative estimate of drug-likeness (QED) is 0.100. The third kappa shape index (κ3) is 9.17. The van der Waals surface area contributed by atoms with Crippen LogP contribution in [0.15, 0.2) is 135 Å². The molecular weight excluding hydrogens is 841 g/mol. The molecule has 2 amide bonds. The van der Waals surface area contributed by atoms with Crippen LogP contribution in [0.1, 0.15) is 55.3 Å². The number of nitrogens with two attached hydrogens (primary N) is 1. The summed E-state index contributed by atoms with van der Waals surface area (Å²) in [5, 5.41) is 15.2. The Kier molecular flexibility index (Phi) is 12.4. The molecule has 0 unspecified atom stereocenters. The number of anilines is 2. The van der Waals surface area contributed by atoms with Gasteiger partial charge < -0.3 is 25.6 Å². The van der Waals surface area contributed by atoms with Gasteiger partial charge in [-0.3, -0.25) is 9.59 Å². The molecule has 0 radical (unpaired) electrons. The van der Waals surface area contributed by atoms with E-state index in [4.69, 9.17) is 30.6 Å². The molecule has 15 nitrogen and oxygen atoms in total. The molecule has 67 heavy (non-hydrogen) atoms. The van der Waals surface area contributed by atoms with Gasteiger partial charge in [0.15, 0.2) is 11.3 Å². The first-order valence-electron chi connectivity index (χ1n) is 23.0. The minimum atomic E-state index is -0.104. The Labute approximate surface area is 388 Å². The molecule has 2 atom stereocenters. The molecule has 0 aliphatic carbocycles. The van der Waals surface area contributed by atoms with Crippen molar-refractivity contribution in [2.45, 2.75) is 57.0 Å². The van der Waals surface area contributed by atoms with Gasteiger partial charge in [0.05, 0.1) is 22.9 Å². The first-order chi connectivity index (χ1) is 32.9. The number of para-hydroxylation sites is 1. The number of aryl methyl sites for hydroxylation is 2. The second kappa shape index (κ2) is 19.3. The van der Waals surface area contributed by atoms with E-state index < -0.39 is 0 Å². The van der Waals surface area contributed by atoms with Gasteiger partial charge in [0.25, 0.3) is 0 Å². The molecule has 2 aliphatic rings. The first kappa shape index (κ1) is 43.0. The summed E-state index contributed by atoms with van der Waals surface area (Å²) in [6.45, 7) is 6.33. The van der Waals surface area contributed by atoms with Crippen LogP contribution in [0, 0.1) is 0 Å². The van der Waals surface area contributed by atoms with Crippen LogP contribution in [-0.4, -0.2) is 93.8 Å². The molecule has 4 aromatic carbocycles. The van der Waals surface area contributed by atoms with E-state index in [0.717, 1.165) is 66.5 Å². The van der Waals surface area contributed by atoms with Gasteiger partial charge in [-0.05, 0) is 92.1 Å². The topological polar surface area (TPSA) is 175 Å². The summed E-state index contributed by atoms with van der Waals surface area (Å²) < 4.78 is 9.96. The van der Waals surface area contributed by atoms with Crippen molar-refractivity contribution < 1.29 is 14.3 Å². The number of nitrogen functional groups attached to an aromatic ring is 1.